The number of carbonyl (C=O) groups is 1. The van der Waals surface area contributed by atoms with Crippen LogP contribution in [-0.4, -0.2) is 19.0 Å². The molecule has 0 heterocycles. The first-order valence-electron chi connectivity index (χ1n) is 5.92. The molecule has 0 N–H and O–H groups in total. The molecule has 0 aliphatic heterocycles. The van der Waals surface area contributed by atoms with Gasteiger partial charge in [-0.15, -0.1) is 0 Å². The van der Waals surface area contributed by atoms with E-state index in [-0.39, 0.29) is 24.1 Å². The summed E-state index contributed by atoms with van der Waals surface area (Å²) in [6.45, 7) is 6.38. The number of halogens is 1. The fourth-order valence-corrected chi connectivity index (χ4v) is 1.64. The molecular formula is C14H19FO2. The number of benzene rings is 1. The molecule has 94 valence electrons. The monoisotopic (exact) mass is 238 g/mol. The molecule has 3 heteroatoms. The normalized spacial score (nSPS) is 10.9. The molecular weight excluding hydrogens is 219 g/mol. The lowest BCUT2D eigenvalue weighted by Gasteiger charge is -2.09. The Morgan fingerprint density at radius 1 is 1.41 bits per heavy atom. The highest BCUT2D eigenvalue weighted by Crippen LogP contribution is 2.20. The summed E-state index contributed by atoms with van der Waals surface area (Å²) in [5, 5.41) is 0. The first-order valence-corrected chi connectivity index (χ1v) is 5.92. The summed E-state index contributed by atoms with van der Waals surface area (Å²) in [4.78, 5) is 11.5. The summed E-state index contributed by atoms with van der Waals surface area (Å²) in [5.74, 6) is -0.0638. The Bertz CT molecular complexity index is 386. The van der Waals surface area contributed by atoms with E-state index in [1.165, 1.54) is 6.07 Å². The lowest BCUT2D eigenvalue weighted by molar-refractivity contribution is -0.122. The largest absolute Gasteiger partial charge is 0.374 e. The van der Waals surface area contributed by atoms with Crippen molar-refractivity contribution in [2.24, 2.45) is 0 Å². The van der Waals surface area contributed by atoms with Gasteiger partial charge in [-0.05, 0) is 30.0 Å². The van der Waals surface area contributed by atoms with Crippen molar-refractivity contribution in [3.63, 3.8) is 0 Å². The average Bonchev–Trinajstić information content (AvgIpc) is 2.28. The van der Waals surface area contributed by atoms with Crippen molar-refractivity contribution in [2.45, 2.75) is 33.1 Å². The van der Waals surface area contributed by atoms with Crippen LogP contribution < -0.4 is 0 Å². The fourth-order valence-electron chi connectivity index (χ4n) is 1.64. The molecule has 0 radical (unpaired) electrons. The number of ether oxygens (including phenoxy) is 1. The lowest BCUT2D eigenvalue weighted by atomic mass is 9.98. The Morgan fingerprint density at radius 2 is 2.12 bits per heavy atom. The number of carbonyl (C=O) groups excluding carboxylic acids is 1. The van der Waals surface area contributed by atoms with E-state index in [9.17, 15) is 9.18 Å². The lowest BCUT2D eigenvalue weighted by Crippen LogP contribution is -2.11. The SMILES string of the molecule is CCOCC(=O)Cc1ccc(F)c(C(C)C)c1. The van der Waals surface area contributed by atoms with Gasteiger partial charge >= 0.3 is 0 Å². The molecule has 1 aromatic rings. The van der Waals surface area contributed by atoms with Crippen LogP contribution in [-0.2, 0) is 16.0 Å². The second-order valence-corrected chi connectivity index (χ2v) is 4.36. The third kappa shape index (κ3) is 4.27. The third-order valence-corrected chi connectivity index (χ3v) is 2.55. The van der Waals surface area contributed by atoms with Crippen molar-refractivity contribution in [1.29, 1.82) is 0 Å². The molecule has 0 saturated carbocycles. The number of hydrogen-bond donors (Lipinski definition) is 0. The number of Topliss-reactive ketones (excluding diaryl/α,β-unsaturated/α-hetero) is 1. The summed E-state index contributed by atoms with van der Waals surface area (Å²) in [5.41, 5.74) is 1.51. The Kier molecular flexibility index (Phi) is 5.29. The molecule has 0 bridgehead atoms. The molecule has 17 heavy (non-hydrogen) atoms. The molecule has 2 nitrogen and oxygen atoms in total. The van der Waals surface area contributed by atoms with Gasteiger partial charge in [0.1, 0.15) is 12.4 Å². The number of hydrogen-bond acceptors (Lipinski definition) is 2. The summed E-state index contributed by atoms with van der Waals surface area (Å²) < 4.78 is 18.5. The first kappa shape index (κ1) is 13.8. The quantitative estimate of drug-likeness (QED) is 0.761. The van der Waals surface area contributed by atoms with Gasteiger partial charge in [0.05, 0.1) is 0 Å². The molecule has 0 aliphatic rings. The Labute approximate surface area is 102 Å². The topological polar surface area (TPSA) is 26.3 Å². The van der Waals surface area contributed by atoms with Crippen molar-refractivity contribution in [2.75, 3.05) is 13.2 Å². The van der Waals surface area contributed by atoms with Crippen molar-refractivity contribution in [3.05, 3.63) is 35.1 Å². The minimum absolute atomic E-state index is 0.0214. The molecule has 0 atom stereocenters. The van der Waals surface area contributed by atoms with E-state index < -0.39 is 0 Å². The van der Waals surface area contributed by atoms with E-state index in [4.69, 9.17) is 4.74 Å². The minimum Gasteiger partial charge on any atom is -0.374 e. The highest BCUT2D eigenvalue weighted by atomic mass is 19.1. The summed E-state index contributed by atoms with van der Waals surface area (Å²) in [6, 6.07) is 4.85. The highest BCUT2D eigenvalue weighted by Gasteiger charge is 2.09. The molecule has 0 spiro atoms. The minimum atomic E-state index is -0.207. The first-order chi connectivity index (χ1) is 8.04. The standard InChI is InChI=1S/C14H19FO2/c1-4-17-9-12(16)7-11-5-6-14(15)13(8-11)10(2)3/h5-6,8,10H,4,7,9H2,1-3H3. The number of ketones is 1. The molecule has 1 aromatic carbocycles. The van der Waals surface area contributed by atoms with Crippen LogP contribution in [0.4, 0.5) is 4.39 Å². The highest BCUT2D eigenvalue weighted by molar-refractivity contribution is 5.82. The summed E-state index contributed by atoms with van der Waals surface area (Å²) >= 11 is 0. The summed E-state index contributed by atoms with van der Waals surface area (Å²) in [6.07, 6.45) is 0.306. The van der Waals surface area contributed by atoms with Gasteiger partial charge in [0.25, 0.3) is 0 Å². The van der Waals surface area contributed by atoms with Gasteiger partial charge < -0.3 is 4.74 Å². The molecule has 0 saturated heterocycles. The van der Waals surface area contributed by atoms with E-state index >= 15 is 0 Å². The smallest absolute Gasteiger partial charge is 0.162 e. The van der Waals surface area contributed by atoms with E-state index in [2.05, 4.69) is 0 Å². The van der Waals surface area contributed by atoms with Gasteiger partial charge in [-0.1, -0.05) is 26.0 Å². The van der Waals surface area contributed by atoms with Gasteiger partial charge in [-0.25, -0.2) is 4.39 Å². The van der Waals surface area contributed by atoms with Crippen molar-refractivity contribution < 1.29 is 13.9 Å². The fraction of sp³-hybridized carbons (Fsp3) is 0.500. The second-order valence-electron chi connectivity index (χ2n) is 4.36. The van der Waals surface area contributed by atoms with Crippen LogP contribution in [0.5, 0.6) is 0 Å². The zero-order valence-corrected chi connectivity index (χ0v) is 10.6. The van der Waals surface area contributed by atoms with Crippen molar-refractivity contribution in [3.8, 4) is 0 Å². The predicted octanol–water partition coefficient (Wildman–Crippen LogP) is 3.10. The summed E-state index contributed by atoms with van der Waals surface area (Å²) in [7, 11) is 0. The van der Waals surface area contributed by atoms with Crippen molar-refractivity contribution in [1.82, 2.24) is 0 Å². The Hall–Kier alpha value is -1.22. The molecule has 0 amide bonds. The van der Waals surface area contributed by atoms with Crippen LogP contribution in [0.15, 0.2) is 18.2 Å². The molecule has 0 fully saturated rings. The molecule has 1 rings (SSSR count). The van der Waals surface area contributed by atoms with E-state index in [0.29, 0.717) is 18.6 Å². The van der Waals surface area contributed by atoms with Gasteiger partial charge in [0, 0.05) is 13.0 Å². The van der Waals surface area contributed by atoms with Gasteiger partial charge in [0.2, 0.25) is 0 Å². The van der Waals surface area contributed by atoms with Gasteiger partial charge in [-0.3, -0.25) is 4.79 Å². The van der Waals surface area contributed by atoms with Crippen LogP contribution in [0.1, 0.15) is 37.8 Å². The van der Waals surface area contributed by atoms with Crippen LogP contribution in [0, 0.1) is 5.82 Å². The van der Waals surface area contributed by atoms with Crippen LogP contribution >= 0.6 is 0 Å². The zero-order valence-electron chi connectivity index (χ0n) is 10.6. The zero-order chi connectivity index (χ0) is 12.8. The third-order valence-electron chi connectivity index (χ3n) is 2.55. The second kappa shape index (κ2) is 6.50. The van der Waals surface area contributed by atoms with E-state index in [1.807, 2.05) is 20.8 Å². The predicted molar refractivity (Wildman–Crippen MR) is 65.7 cm³/mol. The Balaban J connectivity index is 2.72. The molecule has 0 aliphatic carbocycles. The molecule has 0 aromatic heterocycles. The molecule has 0 unspecified atom stereocenters. The van der Waals surface area contributed by atoms with Crippen LogP contribution in [0.3, 0.4) is 0 Å². The maximum absolute atomic E-state index is 13.5. The Morgan fingerprint density at radius 3 is 2.71 bits per heavy atom. The van der Waals surface area contributed by atoms with Gasteiger partial charge in [-0.2, -0.15) is 0 Å². The van der Waals surface area contributed by atoms with E-state index in [0.717, 1.165) is 5.56 Å². The number of rotatable bonds is 6. The van der Waals surface area contributed by atoms with Crippen LogP contribution in [0.2, 0.25) is 0 Å². The van der Waals surface area contributed by atoms with E-state index in [1.54, 1.807) is 12.1 Å². The van der Waals surface area contributed by atoms with Crippen molar-refractivity contribution >= 4 is 5.78 Å². The maximum atomic E-state index is 13.5. The average molecular weight is 238 g/mol. The van der Waals surface area contributed by atoms with Crippen LogP contribution in [0.25, 0.3) is 0 Å². The van der Waals surface area contributed by atoms with Gasteiger partial charge in [0.15, 0.2) is 5.78 Å². The maximum Gasteiger partial charge on any atom is 0.162 e.